The van der Waals surface area contributed by atoms with E-state index in [2.05, 4.69) is 55.0 Å². The van der Waals surface area contributed by atoms with Crippen LogP contribution in [0.1, 0.15) is 37.3 Å². The number of fused-ring (bicyclic) bond motifs is 3. The first-order chi connectivity index (χ1) is 14.4. The Morgan fingerprint density at radius 3 is 2.57 bits per heavy atom. The monoisotopic (exact) mass is 420 g/mol. The van der Waals surface area contributed by atoms with Crippen molar-refractivity contribution >= 4 is 32.3 Å². The molecule has 0 bridgehead atoms. The van der Waals surface area contributed by atoms with Gasteiger partial charge in [-0.05, 0) is 67.1 Å². The molecule has 2 aromatic carbocycles. The second-order valence-electron chi connectivity index (χ2n) is 8.04. The van der Waals surface area contributed by atoms with Gasteiger partial charge in [0.1, 0.15) is 10.4 Å². The van der Waals surface area contributed by atoms with Gasteiger partial charge in [0.25, 0.3) is 5.56 Å². The predicted octanol–water partition coefficient (Wildman–Crippen LogP) is 5.87. The zero-order valence-electron chi connectivity index (χ0n) is 18.0. The molecule has 0 radical (unpaired) electrons. The van der Waals surface area contributed by atoms with E-state index in [9.17, 15) is 9.90 Å². The molecule has 4 rings (SSSR count). The Morgan fingerprint density at radius 1 is 1.17 bits per heavy atom. The first-order valence-electron chi connectivity index (χ1n) is 10.5. The lowest BCUT2D eigenvalue weighted by Crippen LogP contribution is -2.24. The summed E-state index contributed by atoms with van der Waals surface area (Å²) >= 11 is 1.43. The van der Waals surface area contributed by atoms with Gasteiger partial charge in [-0.2, -0.15) is 0 Å². The van der Waals surface area contributed by atoms with Crippen LogP contribution in [0.5, 0.6) is 5.75 Å². The van der Waals surface area contributed by atoms with Gasteiger partial charge in [-0.1, -0.05) is 38.1 Å². The normalized spacial score (nSPS) is 12.8. The molecule has 2 aromatic heterocycles. The number of aromatic nitrogens is 1. The Bertz CT molecular complexity index is 1250. The van der Waals surface area contributed by atoms with E-state index in [4.69, 9.17) is 0 Å². The number of nitrogens with zero attached hydrogens (tertiary/aromatic N) is 1. The van der Waals surface area contributed by atoms with Gasteiger partial charge < -0.3 is 15.0 Å². The van der Waals surface area contributed by atoms with E-state index in [0.29, 0.717) is 10.6 Å². The largest absolute Gasteiger partial charge is 0.507 e. The van der Waals surface area contributed by atoms with Crippen molar-refractivity contribution < 1.29 is 5.11 Å². The van der Waals surface area contributed by atoms with E-state index in [1.54, 1.807) is 6.07 Å². The van der Waals surface area contributed by atoms with Crippen molar-refractivity contribution in [2.45, 2.75) is 33.1 Å². The lowest BCUT2D eigenvalue weighted by molar-refractivity contribution is 0.323. The number of hydrogen-bond donors (Lipinski definition) is 2. The molecule has 4 nitrogen and oxygen atoms in total. The topological polar surface area (TPSA) is 56.3 Å². The van der Waals surface area contributed by atoms with Crippen LogP contribution >= 0.6 is 11.3 Å². The number of aromatic amines is 1. The lowest BCUT2D eigenvalue weighted by Gasteiger charge is -2.22. The highest BCUT2D eigenvalue weighted by Crippen LogP contribution is 2.41. The number of likely N-dealkylation sites (N-methyl/N-ethyl adjacent to an activating group) is 1. The maximum absolute atomic E-state index is 12.5. The molecular weight excluding hydrogens is 392 g/mol. The summed E-state index contributed by atoms with van der Waals surface area (Å²) in [6, 6.07) is 12.3. The molecule has 2 heterocycles. The highest BCUT2D eigenvalue weighted by molar-refractivity contribution is 7.17. The van der Waals surface area contributed by atoms with Crippen molar-refractivity contribution in [2.75, 3.05) is 20.1 Å². The second kappa shape index (κ2) is 8.25. The highest BCUT2D eigenvalue weighted by atomic mass is 32.1. The summed E-state index contributed by atoms with van der Waals surface area (Å²) in [4.78, 5) is 17.9. The number of aromatic hydroxyl groups is 1. The van der Waals surface area contributed by atoms with Crippen LogP contribution in [0.4, 0.5) is 0 Å². The number of phenolic OH excluding ortho intramolecular Hbond substituents is 1. The molecule has 1 atom stereocenters. The smallest absolute Gasteiger partial charge is 0.266 e. The second-order valence-corrected chi connectivity index (χ2v) is 8.95. The van der Waals surface area contributed by atoms with Crippen LogP contribution in [-0.2, 0) is 0 Å². The van der Waals surface area contributed by atoms with Crippen molar-refractivity contribution in [2.24, 2.45) is 0 Å². The van der Waals surface area contributed by atoms with Crippen molar-refractivity contribution in [3.63, 3.8) is 0 Å². The summed E-state index contributed by atoms with van der Waals surface area (Å²) in [6.07, 6.45) is 1.08. The molecule has 2 N–H and O–H groups in total. The Labute approximate surface area is 180 Å². The number of H-pyrrole nitrogens is 1. The molecule has 4 aromatic rings. The summed E-state index contributed by atoms with van der Waals surface area (Å²) in [5.74, 6) is 0.720. The highest BCUT2D eigenvalue weighted by Gasteiger charge is 2.18. The molecule has 0 amide bonds. The molecular formula is C25H28N2O2S. The third-order valence-electron chi connectivity index (χ3n) is 6.12. The zero-order valence-corrected chi connectivity index (χ0v) is 18.8. The number of hydrogen-bond acceptors (Lipinski definition) is 4. The van der Waals surface area contributed by atoms with E-state index in [1.165, 1.54) is 16.9 Å². The van der Waals surface area contributed by atoms with E-state index >= 15 is 0 Å². The standard InChI is InChI=1S/C25H28N2O2S/c1-5-16(14-27(4)6-2)17-7-9-18(10-8-17)21-20(28)13-15(3)23-22(21)19-11-12-30-24(19)25(29)26-23/h7-13,16,28H,5-6,14H2,1-4H3,(H,26,29). The van der Waals surface area contributed by atoms with Gasteiger partial charge in [-0.25, -0.2) is 0 Å². The number of nitrogens with one attached hydrogen (secondary N) is 1. The molecule has 0 aliphatic heterocycles. The van der Waals surface area contributed by atoms with Gasteiger partial charge in [0, 0.05) is 22.9 Å². The number of rotatable bonds is 6. The van der Waals surface area contributed by atoms with Crippen molar-refractivity contribution in [1.29, 1.82) is 0 Å². The molecule has 30 heavy (non-hydrogen) atoms. The number of thiophene rings is 1. The molecule has 0 aliphatic rings. The summed E-state index contributed by atoms with van der Waals surface area (Å²) < 4.78 is 0.694. The minimum atomic E-state index is -0.0755. The van der Waals surface area contributed by atoms with Crippen LogP contribution in [0, 0.1) is 6.92 Å². The van der Waals surface area contributed by atoms with Gasteiger partial charge in [0.2, 0.25) is 0 Å². The van der Waals surface area contributed by atoms with Gasteiger partial charge in [0.15, 0.2) is 0 Å². The fourth-order valence-electron chi connectivity index (χ4n) is 4.27. The molecule has 1 unspecified atom stereocenters. The molecule has 5 heteroatoms. The van der Waals surface area contributed by atoms with Gasteiger partial charge in [0.05, 0.1) is 5.52 Å². The average molecular weight is 421 g/mol. The van der Waals surface area contributed by atoms with Crippen LogP contribution in [0.25, 0.3) is 32.1 Å². The SMILES string of the molecule is CCC(CN(C)CC)c1ccc(-c2c(O)cc(C)c3[nH]c(=O)c4sccc4c23)cc1. The number of aryl methyl sites for hydroxylation is 1. The van der Waals surface area contributed by atoms with Gasteiger partial charge in [-0.3, -0.25) is 4.79 Å². The first kappa shape index (κ1) is 20.6. The Hall–Kier alpha value is -2.63. The fourth-order valence-corrected chi connectivity index (χ4v) is 5.07. The van der Waals surface area contributed by atoms with Gasteiger partial charge in [-0.15, -0.1) is 11.3 Å². The van der Waals surface area contributed by atoms with E-state index in [1.807, 2.05) is 18.4 Å². The summed E-state index contributed by atoms with van der Waals surface area (Å²) in [5.41, 5.74) is 4.63. The molecule has 0 spiro atoms. The maximum atomic E-state index is 12.5. The zero-order chi connectivity index (χ0) is 21.4. The summed E-state index contributed by atoms with van der Waals surface area (Å²) in [5, 5.41) is 14.6. The maximum Gasteiger partial charge on any atom is 0.266 e. The van der Waals surface area contributed by atoms with E-state index < -0.39 is 0 Å². The van der Waals surface area contributed by atoms with E-state index in [0.717, 1.165) is 52.5 Å². The minimum Gasteiger partial charge on any atom is -0.507 e. The van der Waals surface area contributed by atoms with Gasteiger partial charge >= 0.3 is 0 Å². The third-order valence-corrected chi connectivity index (χ3v) is 7.03. The van der Waals surface area contributed by atoms with Crippen LogP contribution in [-0.4, -0.2) is 35.1 Å². The molecule has 0 aliphatic carbocycles. The van der Waals surface area contributed by atoms with Crippen molar-refractivity contribution in [3.8, 4) is 16.9 Å². The predicted molar refractivity (Wildman–Crippen MR) is 128 cm³/mol. The molecule has 0 saturated heterocycles. The third kappa shape index (κ3) is 3.53. The van der Waals surface area contributed by atoms with E-state index in [-0.39, 0.29) is 11.3 Å². The molecule has 0 saturated carbocycles. The fraction of sp³-hybridized carbons (Fsp3) is 0.320. The molecule has 0 fully saturated rings. The van der Waals surface area contributed by atoms with Crippen molar-refractivity contribution in [1.82, 2.24) is 9.88 Å². The summed E-state index contributed by atoms with van der Waals surface area (Å²) in [7, 11) is 2.15. The lowest BCUT2D eigenvalue weighted by atomic mass is 9.91. The minimum absolute atomic E-state index is 0.0755. The van der Waals surface area contributed by atoms with Crippen molar-refractivity contribution in [3.05, 3.63) is 63.3 Å². The number of pyridine rings is 1. The summed E-state index contributed by atoms with van der Waals surface area (Å²) in [6.45, 7) is 8.38. The average Bonchev–Trinajstić information content (AvgIpc) is 3.24. The quantitative estimate of drug-likeness (QED) is 0.410. The Kier molecular flexibility index (Phi) is 5.67. The van der Waals surface area contributed by atoms with Crippen LogP contribution in [0.3, 0.4) is 0 Å². The number of benzene rings is 2. The Morgan fingerprint density at radius 2 is 1.90 bits per heavy atom. The molecule has 156 valence electrons. The van der Waals surface area contributed by atoms with Crippen LogP contribution in [0.15, 0.2) is 46.6 Å². The first-order valence-corrected chi connectivity index (χ1v) is 11.4. The van der Waals surface area contributed by atoms with Crippen LogP contribution in [0.2, 0.25) is 0 Å². The van der Waals surface area contributed by atoms with Crippen LogP contribution < -0.4 is 5.56 Å². The Balaban J connectivity index is 1.88. The number of phenols is 1.